The first-order chi connectivity index (χ1) is 13.4. The fraction of sp³-hybridized carbons (Fsp3) is 0.526. The summed E-state index contributed by atoms with van der Waals surface area (Å²) >= 11 is 5.72. The summed E-state index contributed by atoms with van der Waals surface area (Å²) in [7, 11) is 0. The van der Waals surface area contributed by atoms with Crippen LogP contribution < -0.4 is 10.7 Å². The summed E-state index contributed by atoms with van der Waals surface area (Å²) in [6.07, 6.45) is 9.54. The van der Waals surface area contributed by atoms with Gasteiger partial charge in [0.2, 0.25) is 5.91 Å². The number of hydrogen-bond acceptors (Lipinski definition) is 5. The first-order valence-electron chi connectivity index (χ1n) is 9.46. The van der Waals surface area contributed by atoms with Gasteiger partial charge >= 0.3 is 0 Å². The average Bonchev–Trinajstić information content (AvgIpc) is 2.66. The molecular weight excluding hydrogens is 384 g/mol. The van der Waals surface area contributed by atoms with E-state index < -0.39 is 10.8 Å². The van der Waals surface area contributed by atoms with Crippen molar-refractivity contribution in [3.8, 4) is 0 Å². The van der Waals surface area contributed by atoms with E-state index in [0.29, 0.717) is 12.0 Å². The van der Waals surface area contributed by atoms with Crippen molar-refractivity contribution in [1.82, 2.24) is 10.7 Å². The predicted octanol–water partition coefficient (Wildman–Crippen LogP) is 3.96. The second-order valence-electron chi connectivity index (χ2n) is 6.41. The van der Waals surface area contributed by atoms with Crippen molar-refractivity contribution in [3.63, 3.8) is 0 Å². The fourth-order valence-electron chi connectivity index (χ4n) is 2.48. The zero-order valence-corrected chi connectivity index (χ0v) is 16.8. The smallest absolute Gasteiger partial charge is 0.288 e. The van der Waals surface area contributed by atoms with Gasteiger partial charge in [-0.05, 0) is 12.5 Å². The van der Waals surface area contributed by atoms with E-state index in [0.717, 1.165) is 19.3 Å². The van der Waals surface area contributed by atoms with Crippen LogP contribution in [0.1, 0.15) is 63.9 Å². The van der Waals surface area contributed by atoms with Gasteiger partial charge in [-0.2, -0.15) is 5.10 Å². The van der Waals surface area contributed by atoms with E-state index in [2.05, 4.69) is 22.8 Å². The number of rotatable bonds is 13. The van der Waals surface area contributed by atoms with Gasteiger partial charge in [0, 0.05) is 18.1 Å². The standard InChI is InChI=1S/C19H27ClN4O4/c1-2-3-4-5-6-7-8-9-18(25)21-14-19(26)23-22-13-15-10-11-16(20)17(12-15)24(27)28/h10-13H,2-9,14H2,1H3,(H,21,25)(H,23,26)/b22-13-. The number of nitro benzene ring substituents is 1. The molecule has 9 heteroatoms. The van der Waals surface area contributed by atoms with E-state index in [-0.39, 0.29) is 23.2 Å². The lowest BCUT2D eigenvalue weighted by Gasteiger charge is -2.04. The number of nitrogens with zero attached hydrogens (tertiary/aromatic N) is 2. The maximum absolute atomic E-state index is 11.7. The van der Waals surface area contributed by atoms with Gasteiger partial charge in [0.05, 0.1) is 17.7 Å². The lowest BCUT2D eigenvalue weighted by atomic mass is 10.1. The number of hydrogen-bond donors (Lipinski definition) is 2. The molecule has 2 amide bonds. The normalized spacial score (nSPS) is 10.8. The quantitative estimate of drug-likeness (QED) is 0.222. The molecule has 154 valence electrons. The molecule has 0 bridgehead atoms. The summed E-state index contributed by atoms with van der Waals surface area (Å²) in [5.74, 6) is -0.645. The Balaban J connectivity index is 2.22. The Bertz CT molecular complexity index is 695. The zero-order chi connectivity index (χ0) is 20.8. The number of carbonyl (C=O) groups excluding carboxylic acids is 2. The summed E-state index contributed by atoms with van der Waals surface area (Å²) in [4.78, 5) is 33.6. The van der Waals surface area contributed by atoms with Gasteiger partial charge in [-0.1, -0.05) is 63.1 Å². The van der Waals surface area contributed by atoms with Crippen LogP contribution in [0.4, 0.5) is 5.69 Å². The van der Waals surface area contributed by atoms with Crippen LogP contribution in [0.2, 0.25) is 5.02 Å². The SMILES string of the molecule is CCCCCCCCCC(=O)NCC(=O)N/N=C\c1ccc(Cl)c([N+](=O)[O-])c1. The molecule has 8 nitrogen and oxygen atoms in total. The molecule has 0 aliphatic rings. The Kier molecular flexibility index (Phi) is 11.5. The number of nitro groups is 1. The molecule has 28 heavy (non-hydrogen) atoms. The van der Waals surface area contributed by atoms with Gasteiger partial charge in [-0.25, -0.2) is 5.43 Å². The molecule has 0 fully saturated rings. The van der Waals surface area contributed by atoms with Crippen LogP contribution in [0, 0.1) is 10.1 Å². The number of hydrazone groups is 1. The van der Waals surface area contributed by atoms with E-state index in [4.69, 9.17) is 11.6 Å². The maximum Gasteiger partial charge on any atom is 0.288 e. The van der Waals surface area contributed by atoms with E-state index in [1.54, 1.807) is 0 Å². The number of amides is 2. The average molecular weight is 411 g/mol. The van der Waals surface area contributed by atoms with Crippen molar-refractivity contribution in [2.24, 2.45) is 5.10 Å². The molecular formula is C19H27ClN4O4. The molecule has 1 aromatic rings. The molecule has 1 aromatic carbocycles. The van der Waals surface area contributed by atoms with Crippen LogP contribution in [0.3, 0.4) is 0 Å². The highest BCUT2D eigenvalue weighted by Gasteiger charge is 2.12. The molecule has 0 unspecified atom stereocenters. The summed E-state index contributed by atoms with van der Waals surface area (Å²) < 4.78 is 0. The number of halogens is 1. The summed E-state index contributed by atoms with van der Waals surface area (Å²) in [5.41, 5.74) is 2.43. The molecule has 0 aliphatic heterocycles. The number of nitrogens with one attached hydrogen (secondary N) is 2. The molecule has 0 aliphatic carbocycles. The minimum Gasteiger partial charge on any atom is -0.347 e. The van der Waals surface area contributed by atoms with E-state index in [1.807, 2.05) is 0 Å². The maximum atomic E-state index is 11.7. The Morgan fingerprint density at radius 1 is 1.14 bits per heavy atom. The second kappa shape index (κ2) is 13.7. The van der Waals surface area contributed by atoms with E-state index in [9.17, 15) is 19.7 Å². The van der Waals surface area contributed by atoms with Crippen molar-refractivity contribution >= 4 is 35.3 Å². The van der Waals surface area contributed by atoms with Crippen LogP contribution in [0.5, 0.6) is 0 Å². The number of carbonyl (C=O) groups is 2. The van der Waals surface area contributed by atoms with Gasteiger partial charge in [0.25, 0.3) is 11.6 Å². The predicted molar refractivity (Wildman–Crippen MR) is 109 cm³/mol. The van der Waals surface area contributed by atoms with Gasteiger partial charge in [0.15, 0.2) is 0 Å². The Labute approximate surface area is 169 Å². The first kappa shape index (κ1) is 23.6. The Hall–Kier alpha value is -2.48. The molecule has 1 rings (SSSR count). The third kappa shape index (κ3) is 10.0. The molecule has 0 saturated carbocycles. The molecule has 0 spiro atoms. The Morgan fingerprint density at radius 3 is 2.50 bits per heavy atom. The van der Waals surface area contributed by atoms with Crippen LogP contribution in [-0.2, 0) is 9.59 Å². The van der Waals surface area contributed by atoms with Crippen molar-refractivity contribution in [2.45, 2.75) is 58.3 Å². The minimum absolute atomic E-state index is 0.0230. The highest BCUT2D eigenvalue weighted by Crippen LogP contribution is 2.24. The van der Waals surface area contributed by atoms with Gasteiger partial charge < -0.3 is 5.32 Å². The first-order valence-corrected chi connectivity index (χ1v) is 9.84. The highest BCUT2D eigenvalue weighted by atomic mass is 35.5. The topological polar surface area (TPSA) is 114 Å². The number of benzene rings is 1. The molecule has 0 radical (unpaired) electrons. The van der Waals surface area contributed by atoms with Crippen molar-refractivity contribution in [2.75, 3.05) is 6.54 Å². The van der Waals surface area contributed by atoms with Crippen molar-refractivity contribution < 1.29 is 14.5 Å². The van der Waals surface area contributed by atoms with Gasteiger partial charge in [-0.3, -0.25) is 19.7 Å². The summed E-state index contributed by atoms with van der Waals surface area (Å²) in [5, 5.41) is 17.1. The Morgan fingerprint density at radius 2 is 1.82 bits per heavy atom. The third-order valence-corrected chi connectivity index (χ3v) is 4.34. The van der Waals surface area contributed by atoms with Crippen LogP contribution in [0.25, 0.3) is 0 Å². The molecule has 2 N–H and O–H groups in total. The molecule has 0 saturated heterocycles. The van der Waals surface area contributed by atoms with E-state index in [1.165, 1.54) is 50.1 Å². The van der Waals surface area contributed by atoms with Crippen molar-refractivity contribution in [1.29, 1.82) is 0 Å². The monoisotopic (exact) mass is 410 g/mol. The highest BCUT2D eigenvalue weighted by molar-refractivity contribution is 6.32. The summed E-state index contributed by atoms with van der Waals surface area (Å²) in [6.45, 7) is 2.00. The van der Waals surface area contributed by atoms with Gasteiger partial charge in [-0.15, -0.1) is 0 Å². The largest absolute Gasteiger partial charge is 0.347 e. The van der Waals surface area contributed by atoms with E-state index >= 15 is 0 Å². The van der Waals surface area contributed by atoms with Crippen molar-refractivity contribution in [3.05, 3.63) is 38.9 Å². The molecule has 0 atom stereocenters. The number of unbranched alkanes of at least 4 members (excludes halogenated alkanes) is 6. The second-order valence-corrected chi connectivity index (χ2v) is 6.82. The van der Waals surface area contributed by atoms with Crippen LogP contribution >= 0.6 is 11.6 Å². The minimum atomic E-state index is -0.598. The molecule has 0 aromatic heterocycles. The zero-order valence-electron chi connectivity index (χ0n) is 16.1. The molecule has 0 heterocycles. The summed E-state index contributed by atoms with van der Waals surface area (Å²) in [6, 6.07) is 4.17. The lowest BCUT2D eigenvalue weighted by Crippen LogP contribution is -2.34. The fourth-order valence-corrected chi connectivity index (χ4v) is 2.66. The lowest BCUT2D eigenvalue weighted by molar-refractivity contribution is -0.384. The van der Waals surface area contributed by atoms with Crippen LogP contribution in [-0.4, -0.2) is 29.5 Å². The third-order valence-electron chi connectivity index (χ3n) is 4.02. The van der Waals surface area contributed by atoms with Gasteiger partial charge in [0.1, 0.15) is 5.02 Å². The van der Waals surface area contributed by atoms with Crippen LogP contribution in [0.15, 0.2) is 23.3 Å².